The molecule has 82 valence electrons. The molecule has 0 heterocycles. The number of allylic oxidation sites excluding steroid dienone is 2. The Kier molecular flexibility index (Phi) is 4.40. The summed E-state index contributed by atoms with van der Waals surface area (Å²) in [6.07, 6.45) is -0.705. The van der Waals surface area contributed by atoms with Crippen LogP contribution < -0.4 is 0 Å². The van der Waals surface area contributed by atoms with Gasteiger partial charge in [0.2, 0.25) is 0 Å². The molecular weight excluding hydrogens is 201 g/mol. The zero-order valence-corrected chi connectivity index (χ0v) is 8.30. The number of alkyl halides is 3. The molecular formula is C12H13F3. The molecule has 0 fully saturated rings. The molecule has 0 atom stereocenters. The van der Waals surface area contributed by atoms with E-state index in [1.807, 2.05) is 30.3 Å². The number of halogens is 3. The van der Waals surface area contributed by atoms with E-state index in [0.29, 0.717) is 6.42 Å². The fourth-order valence-electron chi connectivity index (χ4n) is 1.23. The Bertz CT molecular complexity index is 298. The summed E-state index contributed by atoms with van der Waals surface area (Å²) in [7, 11) is 0. The quantitative estimate of drug-likeness (QED) is 0.661. The van der Waals surface area contributed by atoms with Crippen LogP contribution in [-0.4, -0.2) is 6.18 Å². The van der Waals surface area contributed by atoms with E-state index in [1.54, 1.807) is 6.08 Å². The van der Waals surface area contributed by atoms with Crippen LogP contribution in [0.5, 0.6) is 0 Å². The SMILES string of the molecule is FC(F)(F)C/C=C/CCc1ccccc1. The van der Waals surface area contributed by atoms with Crippen molar-refractivity contribution in [2.45, 2.75) is 25.4 Å². The van der Waals surface area contributed by atoms with E-state index >= 15 is 0 Å². The zero-order valence-electron chi connectivity index (χ0n) is 8.30. The molecule has 0 saturated carbocycles. The maximum Gasteiger partial charge on any atom is 0.392 e. The largest absolute Gasteiger partial charge is 0.392 e. The standard InChI is InChI=1S/C12H13F3/c13-12(14,15)10-6-2-5-9-11-7-3-1-4-8-11/h1-4,6-8H,5,9-10H2/b6-2+. The van der Waals surface area contributed by atoms with E-state index in [9.17, 15) is 13.2 Å². The first-order valence-corrected chi connectivity index (χ1v) is 4.83. The molecule has 0 aliphatic heterocycles. The number of hydrogen-bond donors (Lipinski definition) is 0. The Labute approximate surface area is 87.4 Å². The lowest BCUT2D eigenvalue weighted by molar-refractivity contribution is -0.125. The van der Waals surface area contributed by atoms with Crippen LogP contribution in [0, 0.1) is 0 Å². The van der Waals surface area contributed by atoms with Crippen molar-refractivity contribution in [2.75, 3.05) is 0 Å². The number of aryl methyl sites for hydroxylation is 1. The van der Waals surface area contributed by atoms with Crippen molar-refractivity contribution in [1.82, 2.24) is 0 Å². The maximum atomic E-state index is 11.8. The van der Waals surface area contributed by atoms with Gasteiger partial charge in [-0.2, -0.15) is 13.2 Å². The Morgan fingerprint density at radius 3 is 2.27 bits per heavy atom. The fourth-order valence-corrected chi connectivity index (χ4v) is 1.23. The average molecular weight is 214 g/mol. The molecule has 0 N–H and O–H groups in total. The summed E-state index contributed by atoms with van der Waals surface area (Å²) in [4.78, 5) is 0. The smallest absolute Gasteiger partial charge is 0.171 e. The van der Waals surface area contributed by atoms with Gasteiger partial charge in [-0.3, -0.25) is 0 Å². The summed E-state index contributed by atoms with van der Waals surface area (Å²) in [6, 6.07) is 9.71. The highest BCUT2D eigenvalue weighted by atomic mass is 19.4. The number of hydrogen-bond acceptors (Lipinski definition) is 0. The topological polar surface area (TPSA) is 0 Å². The molecule has 0 radical (unpaired) electrons. The Morgan fingerprint density at radius 1 is 1.00 bits per heavy atom. The summed E-state index contributed by atoms with van der Waals surface area (Å²) < 4.78 is 35.3. The zero-order chi connectivity index (χ0) is 11.1. The second-order valence-corrected chi connectivity index (χ2v) is 3.31. The molecule has 0 nitrogen and oxygen atoms in total. The minimum absolute atomic E-state index is 0.653. The van der Waals surface area contributed by atoms with Gasteiger partial charge >= 0.3 is 6.18 Å². The molecule has 0 unspecified atom stereocenters. The van der Waals surface area contributed by atoms with E-state index in [0.717, 1.165) is 12.0 Å². The molecule has 0 aliphatic rings. The van der Waals surface area contributed by atoms with E-state index in [4.69, 9.17) is 0 Å². The van der Waals surface area contributed by atoms with Crippen LogP contribution in [-0.2, 0) is 6.42 Å². The Hall–Kier alpha value is -1.25. The lowest BCUT2D eigenvalue weighted by Gasteiger charge is -2.00. The summed E-state index contributed by atoms with van der Waals surface area (Å²) in [6.45, 7) is 0. The van der Waals surface area contributed by atoms with Crippen molar-refractivity contribution in [3.8, 4) is 0 Å². The van der Waals surface area contributed by atoms with E-state index in [-0.39, 0.29) is 0 Å². The van der Waals surface area contributed by atoms with Crippen molar-refractivity contribution >= 4 is 0 Å². The molecule has 0 aromatic heterocycles. The summed E-state index contributed by atoms with van der Waals surface area (Å²) in [5, 5.41) is 0. The van der Waals surface area contributed by atoms with Gasteiger partial charge in [0.15, 0.2) is 0 Å². The van der Waals surface area contributed by atoms with Crippen LogP contribution in [0.25, 0.3) is 0 Å². The van der Waals surface area contributed by atoms with Gasteiger partial charge in [0, 0.05) is 0 Å². The second kappa shape index (κ2) is 5.59. The molecule has 0 saturated heterocycles. The van der Waals surface area contributed by atoms with E-state index in [2.05, 4.69) is 0 Å². The first kappa shape index (κ1) is 11.8. The van der Waals surface area contributed by atoms with Gasteiger partial charge in [-0.05, 0) is 18.4 Å². The molecule has 0 amide bonds. The molecule has 1 rings (SSSR count). The lowest BCUT2D eigenvalue weighted by Crippen LogP contribution is -2.03. The fraction of sp³-hybridized carbons (Fsp3) is 0.333. The minimum atomic E-state index is -4.08. The minimum Gasteiger partial charge on any atom is -0.171 e. The molecule has 1 aromatic rings. The van der Waals surface area contributed by atoms with E-state index < -0.39 is 12.6 Å². The van der Waals surface area contributed by atoms with Gasteiger partial charge in [-0.1, -0.05) is 42.5 Å². The van der Waals surface area contributed by atoms with Crippen LogP contribution in [0.4, 0.5) is 13.2 Å². The van der Waals surface area contributed by atoms with Gasteiger partial charge in [-0.25, -0.2) is 0 Å². The van der Waals surface area contributed by atoms with E-state index in [1.165, 1.54) is 6.08 Å². The molecule has 1 aromatic carbocycles. The second-order valence-electron chi connectivity index (χ2n) is 3.31. The third kappa shape index (κ3) is 5.94. The maximum absolute atomic E-state index is 11.8. The van der Waals surface area contributed by atoms with Crippen molar-refractivity contribution in [3.05, 3.63) is 48.0 Å². The van der Waals surface area contributed by atoms with Crippen LogP contribution in [0.1, 0.15) is 18.4 Å². The first-order chi connectivity index (χ1) is 7.08. The van der Waals surface area contributed by atoms with Crippen molar-refractivity contribution in [2.24, 2.45) is 0 Å². The summed E-state index contributed by atoms with van der Waals surface area (Å²) in [5.74, 6) is 0. The highest BCUT2D eigenvalue weighted by Crippen LogP contribution is 2.19. The normalized spacial score (nSPS) is 12.2. The molecule has 0 bridgehead atoms. The molecule has 3 heteroatoms. The third-order valence-corrected chi connectivity index (χ3v) is 1.96. The summed E-state index contributed by atoms with van der Waals surface area (Å²) in [5.41, 5.74) is 1.15. The third-order valence-electron chi connectivity index (χ3n) is 1.96. The molecule has 15 heavy (non-hydrogen) atoms. The van der Waals surface area contributed by atoms with Crippen LogP contribution in [0.3, 0.4) is 0 Å². The Morgan fingerprint density at radius 2 is 1.67 bits per heavy atom. The number of benzene rings is 1. The van der Waals surface area contributed by atoms with Crippen molar-refractivity contribution < 1.29 is 13.2 Å². The van der Waals surface area contributed by atoms with Gasteiger partial charge in [0.05, 0.1) is 6.42 Å². The predicted octanol–water partition coefficient (Wildman–Crippen LogP) is 4.13. The first-order valence-electron chi connectivity index (χ1n) is 4.83. The highest BCUT2D eigenvalue weighted by molar-refractivity contribution is 5.15. The van der Waals surface area contributed by atoms with Crippen molar-refractivity contribution in [3.63, 3.8) is 0 Å². The van der Waals surface area contributed by atoms with Gasteiger partial charge < -0.3 is 0 Å². The number of rotatable bonds is 4. The van der Waals surface area contributed by atoms with Gasteiger partial charge in [-0.15, -0.1) is 0 Å². The monoisotopic (exact) mass is 214 g/mol. The molecule has 0 aliphatic carbocycles. The average Bonchev–Trinajstić information content (AvgIpc) is 2.17. The van der Waals surface area contributed by atoms with Crippen LogP contribution in [0.2, 0.25) is 0 Å². The van der Waals surface area contributed by atoms with Crippen LogP contribution >= 0.6 is 0 Å². The van der Waals surface area contributed by atoms with Crippen molar-refractivity contribution in [1.29, 1.82) is 0 Å². The van der Waals surface area contributed by atoms with Crippen LogP contribution in [0.15, 0.2) is 42.5 Å². The summed E-state index contributed by atoms with van der Waals surface area (Å²) >= 11 is 0. The lowest BCUT2D eigenvalue weighted by atomic mass is 10.1. The highest BCUT2D eigenvalue weighted by Gasteiger charge is 2.24. The van der Waals surface area contributed by atoms with Gasteiger partial charge in [0.25, 0.3) is 0 Å². The molecule has 0 spiro atoms. The Balaban J connectivity index is 2.22. The van der Waals surface area contributed by atoms with Gasteiger partial charge in [0.1, 0.15) is 0 Å². The predicted molar refractivity (Wildman–Crippen MR) is 54.6 cm³/mol.